The lowest BCUT2D eigenvalue weighted by Gasteiger charge is -2.12. The third kappa shape index (κ3) is 5.41. The maximum atomic E-state index is 10.9. The molecule has 1 rings (SSSR count). The van der Waals surface area contributed by atoms with Crippen molar-refractivity contribution in [3.8, 4) is 5.75 Å². The summed E-state index contributed by atoms with van der Waals surface area (Å²) in [7, 11) is -3.60. The van der Waals surface area contributed by atoms with Crippen molar-refractivity contribution in [1.29, 1.82) is 0 Å². The van der Waals surface area contributed by atoms with Gasteiger partial charge in [-0.25, -0.2) is 13.6 Å². The van der Waals surface area contributed by atoms with Gasteiger partial charge in [0.25, 0.3) is 0 Å². The number of benzene rings is 1. The Morgan fingerprint density at radius 1 is 1.53 bits per heavy atom. The minimum Gasteiger partial charge on any atom is -0.486 e. The summed E-state index contributed by atoms with van der Waals surface area (Å²) in [5, 5.41) is 15.9. The van der Waals surface area contributed by atoms with Crippen LogP contribution in [-0.4, -0.2) is 25.7 Å². The summed E-state index contributed by atoms with van der Waals surface area (Å²) in [5.74, 6) is -0.602. The second kappa shape index (κ2) is 6.18. The van der Waals surface area contributed by atoms with Crippen LogP contribution in [0.25, 0.3) is 0 Å². The molecule has 0 aliphatic heterocycles. The van der Waals surface area contributed by atoms with Crippen molar-refractivity contribution in [2.75, 3.05) is 12.4 Å². The lowest BCUT2D eigenvalue weighted by molar-refractivity contribution is -0.385. The van der Waals surface area contributed by atoms with Gasteiger partial charge in [0.05, 0.1) is 17.3 Å². The molecule has 1 atom stereocenters. The van der Waals surface area contributed by atoms with E-state index in [1.165, 1.54) is 18.2 Å². The number of rotatable bonds is 6. The van der Waals surface area contributed by atoms with E-state index in [1.54, 1.807) is 6.92 Å². The van der Waals surface area contributed by atoms with Crippen molar-refractivity contribution < 1.29 is 18.1 Å². The van der Waals surface area contributed by atoms with Crippen molar-refractivity contribution in [1.82, 2.24) is 0 Å². The molecule has 7 nitrogen and oxygen atoms in total. The van der Waals surface area contributed by atoms with Crippen molar-refractivity contribution in [2.45, 2.75) is 6.92 Å². The summed E-state index contributed by atoms with van der Waals surface area (Å²) in [6.45, 7) is 1.62. The molecule has 9 heteroatoms. The van der Waals surface area contributed by atoms with Crippen LogP contribution in [-0.2, 0) is 10.0 Å². The average Bonchev–Trinajstić information content (AvgIpc) is 2.24. The highest BCUT2D eigenvalue weighted by atomic mass is 35.5. The smallest absolute Gasteiger partial charge is 0.312 e. The van der Waals surface area contributed by atoms with Gasteiger partial charge in [0.2, 0.25) is 10.0 Å². The van der Waals surface area contributed by atoms with Crippen LogP contribution in [0.2, 0.25) is 5.02 Å². The van der Waals surface area contributed by atoms with Gasteiger partial charge in [0.1, 0.15) is 0 Å². The second-order valence-electron chi connectivity index (χ2n) is 4.11. The molecule has 0 aliphatic rings. The van der Waals surface area contributed by atoms with Gasteiger partial charge < -0.3 is 4.74 Å². The summed E-state index contributed by atoms with van der Waals surface area (Å²) in [5.41, 5.74) is -0.268. The Morgan fingerprint density at radius 3 is 2.68 bits per heavy atom. The topological polar surface area (TPSA) is 113 Å². The second-order valence-corrected chi connectivity index (χ2v) is 6.21. The van der Waals surface area contributed by atoms with E-state index in [-0.39, 0.29) is 34.7 Å². The van der Waals surface area contributed by atoms with Gasteiger partial charge in [-0.1, -0.05) is 18.5 Å². The number of halogens is 1. The number of primary sulfonamides is 1. The Balaban J connectivity index is 2.75. The Labute approximate surface area is 115 Å². The molecule has 0 heterocycles. The zero-order chi connectivity index (χ0) is 14.6. The van der Waals surface area contributed by atoms with Gasteiger partial charge in [0.15, 0.2) is 5.75 Å². The van der Waals surface area contributed by atoms with E-state index in [9.17, 15) is 18.5 Å². The van der Waals surface area contributed by atoms with E-state index < -0.39 is 14.9 Å². The number of nitro groups is 1. The van der Waals surface area contributed by atoms with Gasteiger partial charge >= 0.3 is 5.69 Å². The van der Waals surface area contributed by atoms with Crippen LogP contribution in [0.1, 0.15) is 6.92 Å². The molecule has 1 aromatic carbocycles. The predicted octanol–water partition coefficient (Wildman–Crippen LogP) is 1.55. The van der Waals surface area contributed by atoms with E-state index in [4.69, 9.17) is 21.5 Å². The number of nitrogens with two attached hydrogens (primary N) is 1. The van der Waals surface area contributed by atoms with E-state index in [1.807, 2.05) is 0 Å². The highest BCUT2D eigenvalue weighted by molar-refractivity contribution is 7.89. The first-order valence-electron chi connectivity index (χ1n) is 5.26. The van der Waals surface area contributed by atoms with Crippen molar-refractivity contribution in [3.63, 3.8) is 0 Å². The molecule has 2 N–H and O–H groups in total. The van der Waals surface area contributed by atoms with Crippen LogP contribution in [0.15, 0.2) is 18.2 Å². The van der Waals surface area contributed by atoms with Gasteiger partial charge in [-0.3, -0.25) is 10.1 Å². The van der Waals surface area contributed by atoms with Gasteiger partial charge in [0, 0.05) is 17.0 Å². The number of sulfonamides is 1. The van der Waals surface area contributed by atoms with Crippen molar-refractivity contribution in [3.05, 3.63) is 33.3 Å². The molecule has 0 amide bonds. The molecule has 0 saturated heterocycles. The molecular weight excluding hydrogens is 296 g/mol. The van der Waals surface area contributed by atoms with E-state index >= 15 is 0 Å². The van der Waals surface area contributed by atoms with Gasteiger partial charge in [-0.15, -0.1) is 0 Å². The fraction of sp³-hybridized carbons (Fsp3) is 0.400. The quantitative estimate of drug-likeness (QED) is 0.633. The van der Waals surface area contributed by atoms with Crippen LogP contribution in [0, 0.1) is 16.0 Å². The number of hydrogen-bond donors (Lipinski definition) is 1. The molecule has 0 bridgehead atoms. The highest BCUT2D eigenvalue weighted by Gasteiger charge is 2.18. The molecule has 1 unspecified atom stereocenters. The van der Waals surface area contributed by atoms with Crippen LogP contribution in [0.4, 0.5) is 5.69 Å². The molecule has 0 fully saturated rings. The highest BCUT2D eigenvalue weighted by Crippen LogP contribution is 2.30. The third-order valence-electron chi connectivity index (χ3n) is 2.16. The molecule has 19 heavy (non-hydrogen) atoms. The maximum Gasteiger partial charge on any atom is 0.312 e. The molecular formula is C10H13ClN2O5S. The van der Waals surface area contributed by atoms with E-state index in [2.05, 4.69) is 0 Å². The zero-order valence-corrected chi connectivity index (χ0v) is 11.6. The molecule has 1 aromatic rings. The Morgan fingerprint density at radius 2 is 2.16 bits per heavy atom. The van der Waals surface area contributed by atoms with E-state index in [0.717, 1.165) is 0 Å². The maximum absolute atomic E-state index is 10.9. The Kier molecular flexibility index (Phi) is 5.10. The van der Waals surface area contributed by atoms with Crippen LogP contribution < -0.4 is 9.88 Å². The Bertz CT molecular complexity index is 575. The van der Waals surface area contributed by atoms with Crippen LogP contribution in [0.5, 0.6) is 5.75 Å². The molecule has 106 valence electrons. The fourth-order valence-electron chi connectivity index (χ4n) is 1.43. The van der Waals surface area contributed by atoms with Crippen molar-refractivity contribution >= 4 is 27.3 Å². The minimum atomic E-state index is -3.60. The lowest BCUT2D eigenvalue weighted by atomic mass is 10.2. The van der Waals surface area contributed by atoms with Crippen LogP contribution >= 0.6 is 11.6 Å². The number of nitro benzene ring substituents is 1. The third-order valence-corrected chi connectivity index (χ3v) is 3.43. The summed E-state index contributed by atoms with van der Waals surface area (Å²) in [6, 6.07) is 3.99. The Hall–Kier alpha value is -1.38. The first kappa shape index (κ1) is 15.7. The lowest BCUT2D eigenvalue weighted by Crippen LogP contribution is -2.25. The molecule has 0 saturated carbocycles. The largest absolute Gasteiger partial charge is 0.486 e. The zero-order valence-electron chi connectivity index (χ0n) is 10.1. The summed E-state index contributed by atoms with van der Waals surface area (Å²) >= 11 is 5.65. The summed E-state index contributed by atoms with van der Waals surface area (Å²) in [6.07, 6.45) is 0. The molecule has 0 aliphatic carbocycles. The molecule has 0 aromatic heterocycles. The first-order valence-corrected chi connectivity index (χ1v) is 7.35. The number of hydrogen-bond acceptors (Lipinski definition) is 5. The first-order chi connectivity index (χ1) is 8.69. The average molecular weight is 309 g/mol. The monoisotopic (exact) mass is 308 g/mol. The van der Waals surface area contributed by atoms with Gasteiger partial charge in [-0.05, 0) is 12.1 Å². The molecule has 0 radical (unpaired) electrons. The number of ether oxygens (including phenoxy) is 1. The summed E-state index contributed by atoms with van der Waals surface area (Å²) < 4.78 is 27.0. The standard InChI is InChI=1S/C10H13ClN2O5S/c1-7(6-19(12,16)17)5-18-10-3-2-8(11)4-9(10)13(14)15/h2-4,7H,5-6H2,1H3,(H2,12,16,17). The summed E-state index contributed by atoms with van der Waals surface area (Å²) in [4.78, 5) is 10.2. The normalized spacial score (nSPS) is 13.0. The number of nitrogens with zero attached hydrogens (tertiary/aromatic N) is 1. The predicted molar refractivity (Wildman–Crippen MR) is 70.7 cm³/mol. The molecule has 0 spiro atoms. The SMILES string of the molecule is CC(COc1ccc(Cl)cc1[N+](=O)[O-])CS(N)(=O)=O. The van der Waals surface area contributed by atoms with E-state index in [0.29, 0.717) is 0 Å². The fourth-order valence-corrected chi connectivity index (χ4v) is 2.49. The minimum absolute atomic E-state index is 0.00109. The van der Waals surface area contributed by atoms with Crippen LogP contribution in [0.3, 0.4) is 0 Å². The van der Waals surface area contributed by atoms with Crippen molar-refractivity contribution in [2.24, 2.45) is 11.1 Å². The van der Waals surface area contributed by atoms with Gasteiger partial charge in [-0.2, -0.15) is 0 Å².